The van der Waals surface area contributed by atoms with E-state index in [2.05, 4.69) is 10.6 Å². The lowest BCUT2D eigenvalue weighted by Crippen LogP contribution is -2.36. The van der Waals surface area contributed by atoms with E-state index in [1.807, 2.05) is 13.8 Å². The van der Waals surface area contributed by atoms with Crippen molar-refractivity contribution in [2.24, 2.45) is 5.92 Å². The predicted molar refractivity (Wildman–Crippen MR) is 47.8 cm³/mol. The van der Waals surface area contributed by atoms with Crippen LogP contribution in [0.2, 0.25) is 0 Å². The van der Waals surface area contributed by atoms with Crippen molar-refractivity contribution in [3.63, 3.8) is 0 Å². The van der Waals surface area contributed by atoms with E-state index in [9.17, 15) is 4.79 Å². The first-order valence-corrected chi connectivity index (χ1v) is 4.25. The van der Waals surface area contributed by atoms with Crippen LogP contribution in [0, 0.1) is 5.92 Å². The largest absolute Gasteiger partial charge is 0.395 e. The van der Waals surface area contributed by atoms with Crippen LogP contribution in [-0.4, -0.2) is 37.3 Å². The number of nitrogens with one attached hydrogen (secondary N) is 2. The van der Waals surface area contributed by atoms with Crippen molar-refractivity contribution in [2.75, 3.05) is 26.2 Å². The van der Waals surface area contributed by atoms with E-state index < -0.39 is 0 Å². The summed E-state index contributed by atoms with van der Waals surface area (Å²) in [6, 6.07) is 0. The van der Waals surface area contributed by atoms with Gasteiger partial charge in [0.2, 0.25) is 5.91 Å². The lowest BCUT2D eigenvalue weighted by molar-refractivity contribution is -0.120. The molecule has 0 saturated carbocycles. The average Bonchev–Trinajstić information content (AvgIpc) is 2.01. The fourth-order valence-corrected chi connectivity index (χ4v) is 0.661. The van der Waals surface area contributed by atoms with E-state index in [0.717, 1.165) is 0 Å². The molecular weight excluding hydrogens is 156 g/mol. The molecule has 0 aliphatic rings. The molecule has 0 saturated heterocycles. The molecule has 0 heterocycles. The summed E-state index contributed by atoms with van der Waals surface area (Å²) in [5.74, 6) is 0.462. The molecular formula is C8H18N2O2. The van der Waals surface area contributed by atoms with E-state index >= 15 is 0 Å². The maximum atomic E-state index is 11.0. The van der Waals surface area contributed by atoms with Crippen molar-refractivity contribution < 1.29 is 9.90 Å². The predicted octanol–water partition coefficient (Wildman–Crippen LogP) is -0.659. The van der Waals surface area contributed by atoms with Gasteiger partial charge in [0.25, 0.3) is 0 Å². The summed E-state index contributed by atoms with van der Waals surface area (Å²) >= 11 is 0. The average molecular weight is 174 g/mol. The van der Waals surface area contributed by atoms with Crippen LogP contribution in [0.5, 0.6) is 0 Å². The highest BCUT2D eigenvalue weighted by atomic mass is 16.3. The van der Waals surface area contributed by atoms with E-state index in [4.69, 9.17) is 5.11 Å². The molecule has 4 nitrogen and oxygen atoms in total. The zero-order valence-corrected chi connectivity index (χ0v) is 7.76. The van der Waals surface area contributed by atoms with Gasteiger partial charge in [0.1, 0.15) is 0 Å². The van der Waals surface area contributed by atoms with Crippen LogP contribution in [0.25, 0.3) is 0 Å². The van der Waals surface area contributed by atoms with E-state index in [-0.39, 0.29) is 19.1 Å². The molecule has 3 N–H and O–H groups in total. The minimum absolute atomic E-state index is 0.0165. The molecule has 0 aromatic carbocycles. The quantitative estimate of drug-likeness (QED) is 0.468. The van der Waals surface area contributed by atoms with Gasteiger partial charge in [0.05, 0.1) is 13.2 Å². The number of hydrogen-bond donors (Lipinski definition) is 3. The summed E-state index contributed by atoms with van der Waals surface area (Å²) < 4.78 is 0. The Hall–Kier alpha value is -0.610. The van der Waals surface area contributed by atoms with Crippen molar-refractivity contribution >= 4 is 5.91 Å². The molecule has 72 valence electrons. The number of hydrogen-bond acceptors (Lipinski definition) is 3. The van der Waals surface area contributed by atoms with Crippen LogP contribution in [0.1, 0.15) is 13.8 Å². The number of rotatable bonds is 6. The van der Waals surface area contributed by atoms with Crippen LogP contribution in [0.15, 0.2) is 0 Å². The lowest BCUT2D eigenvalue weighted by atomic mass is 10.2. The Kier molecular flexibility index (Phi) is 6.70. The van der Waals surface area contributed by atoms with Gasteiger partial charge < -0.3 is 15.7 Å². The summed E-state index contributed by atoms with van der Waals surface area (Å²) in [7, 11) is 0. The molecule has 4 heteroatoms. The van der Waals surface area contributed by atoms with Crippen molar-refractivity contribution in [1.82, 2.24) is 10.6 Å². The number of aliphatic hydroxyl groups excluding tert-OH is 1. The molecule has 0 aliphatic heterocycles. The normalized spacial score (nSPS) is 10.3. The smallest absolute Gasteiger partial charge is 0.233 e. The molecule has 0 bridgehead atoms. The summed E-state index contributed by atoms with van der Waals surface area (Å²) in [5.41, 5.74) is 0. The highest BCUT2D eigenvalue weighted by molar-refractivity contribution is 5.77. The summed E-state index contributed by atoms with van der Waals surface area (Å²) in [6.45, 7) is 5.61. The van der Waals surface area contributed by atoms with E-state index in [0.29, 0.717) is 19.0 Å². The van der Waals surface area contributed by atoms with Gasteiger partial charge in [-0.05, 0) is 5.92 Å². The van der Waals surface area contributed by atoms with Gasteiger partial charge >= 0.3 is 0 Å². The van der Waals surface area contributed by atoms with Gasteiger partial charge in [-0.3, -0.25) is 4.79 Å². The number of amides is 1. The fourth-order valence-electron chi connectivity index (χ4n) is 0.661. The number of carbonyl (C=O) groups is 1. The van der Waals surface area contributed by atoms with Crippen molar-refractivity contribution in [3.05, 3.63) is 0 Å². The molecule has 0 aromatic heterocycles. The van der Waals surface area contributed by atoms with Crippen LogP contribution >= 0.6 is 0 Å². The van der Waals surface area contributed by atoms with Gasteiger partial charge in [-0.2, -0.15) is 0 Å². The first-order valence-electron chi connectivity index (χ1n) is 4.25. The summed E-state index contributed by atoms with van der Waals surface area (Å²) in [6.07, 6.45) is 0. The Labute approximate surface area is 73.3 Å². The molecule has 1 amide bonds. The third-order valence-corrected chi connectivity index (χ3v) is 1.28. The first kappa shape index (κ1) is 11.4. The molecule has 0 radical (unpaired) electrons. The molecule has 0 atom stereocenters. The van der Waals surface area contributed by atoms with Crippen LogP contribution in [0.3, 0.4) is 0 Å². The molecule has 0 unspecified atom stereocenters. The number of carbonyl (C=O) groups excluding carboxylic acids is 1. The Morgan fingerprint density at radius 2 is 2.17 bits per heavy atom. The standard InChI is InChI=1S/C8H18N2O2/c1-7(2)5-10-8(12)6-9-3-4-11/h7,9,11H,3-6H2,1-2H3,(H,10,12). The van der Waals surface area contributed by atoms with Crippen molar-refractivity contribution in [2.45, 2.75) is 13.8 Å². The van der Waals surface area contributed by atoms with E-state index in [1.54, 1.807) is 0 Å². The summed E-state index contributed by atoms with van der Waals surface area (Å²) in [5, 5.41) is 14.0. The Morgan fingerprint density at radius 3 is 2.67 bits per heavy atom. The molecule has 0 spiro atoms. The van der Waals surface area contributed by atoms with Crippen LogP contribution in [-0.2, 0) is 4.79 Å². The maximum Gasteiger partial charge on any atom is 0.233 e. The Bertz CT molecular complexity index is 126. The van der Waals surface area contributed by atoms with Gasteiger partial charge in [0, 0.05) is 13.1 Å². The molecule has 0 aliphatic carbocycles. The maximum absolute atomic E-state index is 11.0. The van der Waals surface area contributed by atoms with E-state index in [1.165, 1.54) is 0 Å². The van der Waals surface area contributed by atoms with Crippen LogP contribution < -0.4 is 10.6 Å². The molecule has 0 rings (SSSR count). The third kappa shape index (κ3) is 7.50. The first-order chi connectivity index (χ1) is 5.66. The van der Waals surface area contributed by atoms with Crippen LogP contribution in [0.4, 0.5) is 0 Å². The lowest BCUT2D eigenvalue weighted by Gasteiger charge is -2.07. The second-order valence-corrected chi connectivity index (χ2v) is 3.10. The van der Waals surface area contributed by atoms with Crippen molar-refractivity contribution in [3.8, 4) is 0 Å². The second kappa shape index (κ2) is 7.06. The van der Waals surface area contributed by atoms with Crippen molar-refractivity contribution in [1.29, 1.82) is 0 Å². The highest BCUT2D eigenvalue weighted by Crippen LogP contribution is 1.85. The third-order valence-electron chi connectivity index (χ3n) is 1.28. The summed E-state index contributed by atoms with van der Waals surface area (Å²) in [4.78, 5) is 11.0. The Balaban J connectivity index is 3.22. The molecule has 0 aromatic rings. The van der Waals surface area contributed by atoms with Gasteiger partial charge in [0.15, 0.2) is 0 Å². The second-order valence-electron chi connectivity index (χ2n) is 3.10. The highest BCUT2D eigenvalue weighted by Gasteiger charge is 1.99. The molecule has 0 fully saturated rings. The van der Waals surface area contributed by atoms with Gasteiger partial charge in [-0.15, -0.1) is 0 Å². The number of aliphatic hydroxyl groups is 1. The molecule has 12 heavy (non-hydrogen) atoms. The minimum atomic E-state index is -0.0165. The monoisotopic (exact) mass is 174 g/mol. The van der Waals surface area contributed by atoms with Gasteiger partial charge in [-0.1, -0.05) is 13.8 Å². The zero-order chi connectivity index (χ0) is 9.40. The Morgan fingerprint density at radius 1 is 1.50 bits per heavy atom. The van der Waals surface area contributed by atoms with Gasteiger partial charge in [-0.25, -0.2) is 0 Å². The topological polar surface area (TPSA) is 61.4 Å². The SMILES string of the molecule is CC(C)CNC(=O)CNCCO. The zero-order valence-electron chi connectivity index (χ0n) is 7.76. The fraction of sp³-hybridized carbons (Fsp3) is 0.875. The minimum Gasteiger partial charge on any atom is -0.395 e.